The number of carbonyl (C=O) groups is 2. The molecule has 0 bridgehead atoms. The molecular weight excluding hydrogens is 352 g/mol. The van der Waals surface area contributed by atoms with Crippen LogP contribution in [0.3, 0.4) is 0 Å². The van der Waals surface area contributed by atoms with Crippen LogP contribution in [0.2, 0.25) is 0 Å². The average molecular weight is 378 g/mol. The van der Waals surface area contributed by atoms with E-state index >= 15 is 0 Å². The van der Waals surface area contributed by atoms with Gasteiger partial charge in [-0.1, -0.05) is 30.3 Å². The second-order valence-corrected chi connectivity index (χ2v) is 7.94. The van der Waals surface area contributed by atoms with Crippen molar-refractivity contribution >= 4 is 11.8 Å². The molecule has 1 heterocycles. The topological polar surface area (TPSA) is 60.9 Å². The summed E-state index contributed by atoms with van der Waals surface area (Å²) in [5.41, 5.74) is 4.32. The van der Waals surface area contributed by atoms with Crippen LogP contribution in [0.25, 0.3) is 11.1 Å². The van der Waals surface area contributed by atoms with Gasteiger partial charge < -0.3 is 14.9 Å². The van der Waals surface area contributed by atoms with Crippen LogP contribution in [0.1, 0.15) is 34.3 Å². The van der Waals surface area contributed by atoms with Gasteiger partial charge in [-0.3, -0.25) is 9.59 Å². The Bertz CT molecular complexity index is 908. The molecule has 5 nitrogen and oxygen atoms in total. The summed E-state index contributed by atoms with van der Waals surface area (Å²) >= 11 is 0. The van der Waals surface area contributed by atoms with E-state index in [2.05, 4.69) is 32.0 Å². The van der Waals surface area contributed by atoms with E-state index in [0.717, 1.165) is 5.56 Å². The number of carbonyl (C=O) groups excluding carboxylic acids is 2. The molecule has 2 aromatic rings. The molecule has 2 aliphatic rings. The number of benzene rings is 2. The molecule has 1 aliphatic heterocycles. The van der Waals surface area contributed by atoms with Crippen molar-refractivity contribution in [2.24, 2.45) is 0 Å². The molecule has 28 heavy (non-hydrogen) atoms. The predicted octanol–water partition coefficient (Wildman–Crippen LogP) is 2.78. The van der Waals surface area contributed by atoms with Gasteiger partial charge >= 0.3 is 0 Å². The molecule has 0 aromatic heterocycles. The van der Waals surface area contributed by atoms with E-state index in [0.29, 0.717) is 44.6 Å². The van der Waals surface area contributed by atoms with Gasteiger partial charge in [0.25, 0.3) is 11.8 Å². The zero-order chi connectivity index (χ0) is 19.9. The van der Waals surface area contributed by atoms with E-state index in [1.54, 1.807) is 9.80 Å². The number of hydrogen-bond donors (Lipinski definition) is 1. The first-order chi connectivity index (χ1) is 13.4. The minimum absolute atomic E-state index is 0.00949. The van der Waals surface area contributed by atoms with Gasteiger partial charge in [0.05, 0.1) is 0 Å². The third-order valence-corrected chi connectivity index (χ3v) is 6.02. The monoisotopic (exact) mass is 378 g/mol. The lowest BCUT2D eigenvalue weighted by molar-refractivity contribution is -0.143. The average Bonchev–Trinajstić information content (AvgIpc) is 3.48. The van der Waals surface area contributed by atoms with Crippen LogP contribution in [-0.2, 0) is 4.79 Å². The lowest BCUT2D eigenvalue weighted by atomic mass is 9.96. The normalized spacial score (nSPS) is 18.1. The molecule has 0 atom stereocenters. The third-order valence-electron chi connectivity index (χ3n) is 6.02. The smallest absolute Gasteiger partial charge is 0.254 e. The van der Waals surface area contributed by atoms with Crippen LogP contribution in [0.5, 0.6) is 0 Å². The Balaban J connectivity index is 1.42. The summed E-state index contributed by atoms with van der Waals surface area (Å²) in [5.74, 6) is -0.192. The van der Waals surface area contributed by atoms with E-state index in [1.165, 1.54) is 16.7 Å². The first-order valence-electron chi connectivity index (χ1n) is 9.87. The fraction of sp³-hybridized carbons (Fsp3) is 0.391. The fourth-order valence-electron chi connectivity index (χ4n) is 3.78. The third kappa shape index (κ3) is 3.42. The van der Waals surface area contributed by atoms with Gasteiger partial charge in [0.1, 0.15) is 5.60 Å². The standard InChI is InChI=1S/C23H26N2O3/c1-16-4-3-5-20(17(16)2)18-6-8-19(9-7-18)21(26)24-12-14-25(15-13-24)22(27)23(28)10-11-23/h3-9,28H,10-15H2,1-2H3. The molecule has 1 aliphatic carbocycles. The second-order valence-electron chi connectivity index (χ2n) is 7.94. The maximum Gasteiger partial charge on any atom is 0.254 e. The summed E-state index contributed by atoms with van der Waals surface area (Å²) in [6, 6.07) is 14.0. The zero-order valence-corrected chi connectivity index (χ0v) is 16.4. The van der Waals surface area contributed by atoms with Gasteiger partial charge in [-0.2, -0.15) is 0 Å². The highest BCUT2D eigenvalue weighted by Gasteiger charge is 2.50. The van der Waals surface area contributed by atoms with Crippen molar-refractivity contribution in [2.45, 2.75) is 32.3 Å². The molecule has 1 N–H and O–H groups in total. The summed E-state index contributed by atoms with van der Waals surface area (Å²) in [5, 5.41) is 9.99. The maximum atomic E-state index is 12.8. The first kappa shape index (κ1) is 18.7. The predicted molar refractivity (Wildman–Crippen MR) is 108 cm³/mol. The molecule has 5 heteroatoms. The molecule has 1 saturated heterocycles. The summed E-state index contributed by atoms with van der Waals surface area (Å²) in [7, 11) is 0. The van der Waals surface area contributed by atoms with Crippen molar-refractivity contribution in [1.82, 2.24) is 9.80 Å². The minimum atomic E-state index is -1.13. The number of aliphatic hydroxyl groups is 1. The van der Waals surface area contributed by atoms with E-state index in [-0.39, 0.29) is 11.8 Å². The van der Waals surface area contributed by atoms with Crippen LogP contribution in [0.15, 0.2) is 42.5 Å². The Morgan fingerprint density at radius 2 is 1.50 bits per heavy atom. The van der Waals surface area contributed by atoms with Crippen molar-refractivity contribution < 1.29 is 14.7 Å². The highest BCUT2D eigenvalue weighted by molar-refractivity contribution is 5.95. The van der Waals surface area contributed by atoms with Gasteiger partial charge in [0.15, 0.2) is 0 Å². The van der Waals surface area contributed by atoms with Crippen LogP contribution >= 0.6 is 0 Å². The number of hydrogen-bond acceptors (Lipinski definition) is 3. The van der Waals surface area contributed by atoms with Crippen molar-refractivity contribution in [1.29, 1.82) is 0 Å². The summed E-state index contributed by atoms with van der Waals surface area (Å²) in [4.78, 5) is 28.5. The van der Waals surface area contributed by atoms with Crippen LogP contribution < -0.4 is 0 Å². The van der Waals surface area contributed by atoms with Gasteiger partial charge in [0.2, 0.25) is 0 Å². The molecule has 2 aromatic carbocycles. The van der Waals surface area contributed by atoms with E-state index in [9.17, 15) is 14.7 Å². The van der Waals surface area contributed by atoms with Crippen molar-refractivity contribution in [3.8, 4) is 11.1 Å². The quantitative estimate of drug-likeness (QED) is 0.893. The number of nitrogens with zero attached hydrogens (tertiary/aromatic N) is 2. The van der Waals surface area contributed by atoms with Crippen LogP contribution in [0.4, 0.5) is 0 Å². The highest BCUT2D eigenvalue weighted by Crippen LogP contribution is 2.37. The Kier molecular flexibility index (Phi) is 4.71. The van der Waals surface area contributed by atoms with Gasteiger partial charge in [0, 0.05) is 31.7 Å². The Hall–Kier alpha value is -2.66. The molecule has 1 saturated carbocycles. The lowest BCUT2D eigenvalue weighted by Gasteiger charge is -2.35. The largest absolute Gasteiger partial charge is 0.380 e. The lowest BCUT2D eigenvalue weighted by Crippen LogP contribution is -2.53. The van der Waals surface area contributed by atoms with Gasteiger partial charge in [-0.15, -0.1) is 0 Å². The molecule has 2 fully saturated rings. The molecule has 0 unspecified atom stereocenters. The van der Waals surface area contributed by atoms with E-state index in [1.807, 2.05) is 24.3 Å². The summed E-state index contributed by atoms with van der Waals surface area (Å²) < 4.78 is 0. The van der Waals surface area contributed by atoms with E-state index < -0.39 is 5.60 Å². The molecule has 0 radical (unpaired) electrons. The summed E-state index contributed by atoms with van der Waals surface area (Å²) in [6.45, 7) is 6.17. The number of rotatable bonds is 3. The SMILES string of the molecule is Cc1cccc(-c2ccc(C(=O)N3CCN(C(=O)C4(O)CC4)CC3)cc2)c1C. The van der Waals surface area contributed by atoms with Gasteiger partial charge in [-0.25, -0.2) is 0 Å². The molecule has 0 spiro atoms. The van der Waals surface area contributed by atoms with Crippen molar-refractivity contribution in [3.05, 3.63) is 59.2 Å². The molecule has 2 amide bonds. The van der Waals surface area contributed by atoms with Crippen LogP contribution in [-0.4, -0.2) is 58.5 Å². The number of aryl methyl sites for hydroxylation is 1. The molecular formula is C23H26N2O3. The Morgan fingerprint density at radius 1 is 0.893 bits per heavy atom. The van der Waals surface area contributed by atoms with Gasteiger partial charge in [-0.05, 0) is 61.1 Å². The maximum absolute atomic E-state index is 12.8. The fourth-order valence-corrected chi connectivity index (χ4v) is 3.78. The first-order valence-corrected chi connectivity index (χ1v) is 9.87. The number of amides is 2. The Morgan fingerprint density at radius 3 is 2.11 bits per heavy atom. The zero-order valence-electron chi connectivity index (χ0n) is 16.4. The van der Waals surface area contributed by atoms with E-state index in [4.69, 9.17) is 0 Å². The van der Waals surface area contributed by atoms with Crippen molar-refractivity contribution in [2.75, 3.05) is 26.2 Å². The minimum Gasteiger partial charge on any atom is -0.380 e. The second kappa shape index (κ2) is 7.06. The number of piperazine rings is 1. The molecule has 146 valence electrons. The Labute approximate surface area is 165 Å². The van der Waals surface area contributed by atoms with Crippen molar-refractivity contribution in [3.63, 3.8) is 0 Å². The molecule has 4 rings (SSSR count). The van der Waals surface area contributed by atoms with Crippen LogP contribution in [0, 0.1) is 13.8 Å². The highest BCUT2D eigenvalue weighted by atomic mass is 16.3. The summed E-state index contributed by atoms with van der Waals surface area (Å²) in [6.07, 6.45) is 1.11.